The molecule has 7 heteroatoms. The molecule has 3 unspecified atom stereocenters. The summed E-state index contributed by atoms with van der Waals surface area (Å²) >= 11 is 0. The van der Waals surface area contributed by atoms with Gasteiger partial charge in [0.2, 0.25) is 5.91 Å². The van der Waals surface area contributed by atoms with Crippen LogP contribution >= 0.6 is 0 Å². The highest BCUT2D eigenvalue weighted by atomic mass is 16.5. The normalized spacial score (nSPS) is 22.7. The number of fused-ring (bicyclic) bond motifs is 1. The van der Waals surface area contributed by atoms with E-state index >= 15 is 0 Å². The summed E-state index contributed by atoms with van der Waals surface area (Å²) in [4.78, 5) is 32.9. The maximum atomic E-state index is 13.0. The molecule has 0 spiro atoms. The van der Waals surface area contributed by atoms with Crippen LogP contribution in [0.25, 0.3) is 0 Å². The van der Waals surface area contributed by atoms with Crippen molar-refractivity contribution < 1.29 is 18.7 Å². The van der Waals surface area contributed by atoms with E-state index in [1.54, 1.807) is 21.2 Å². The monoisotopic (exact) mass is 383 g/mol. The minimum absolute atomic E-state index is 0.0577. The van der Waals surface area contributed by atoms with Crippen LogP contribution < -0.4 is 4.74 Å². The van der Waals surface area contributed by atoms with Crippen LogP contribution in [0.3, 0.4) is 0 Å². The molecule has 1 aromatic heterocycles. The number of methoxy groups -OCH3 is 1. The number of hydrogen-bond donors (Lipinski definition) is 0. The number of carbonyl (C=O) groups excluding carboxylic acids is 2. The Labute approximate surface area is 164 Å². The predicted octanol–water partition coefficient (Wildman–Crippen LogP) is 2.25. The maximum absolute atomic E-state index is 13.0. The Morgan fingerprint density at radius 1 is 1.36 bits per heavy atom. The highest BCUT2D eigenvalue weighted by molar-refractivity contribution is 5.93. The van der Waals surface area contributed by atoms with Crippen molar-refractivity contribution in [2.45, 2.75) is 31.7 Å². The van der Waals surface area contributed by atoms with Crippen molar-refractivity contribution >= 4 is 11.8 Å². The first-order valence-corrected chi connectivity index (χ1v) is 9.48. The highest BCUT2D eigenvalue weighted by Crippen LogP contribution is 2.53. The van der Waals surface area contributed by atoms with Gasteiger partial charge in [0.15, 0.2) is 12.1 Å². The predicted molar refractivity (Wildman–Crippen MR) is 102 cm³/mol. The van der Waals surface area contributed by atoms with Crippen molar-refractivity contribution in [1.29, 1.82) is 0 Å². The van der Waals surface area contributed by atoms with Gasteiger partial charge in [0.25, 0.3) is 5.91 Å². The first kappa shape index (κ1) is 18.5. The summed E-state index contributed by atoms with van der Waals surface area (Å²) in [6, 6.07) is 5.87. The van der Waals surface area contributed by atoms with Gasteiger partial charge in [-0.1, -0.05) is 6.07 Å². The van der Waals surface area contributed by atoms with Crippen LogP contribution in [0.4, 0.5) is 0 Å². The lowest BCUT2D eigenvalue weighted by atomic mass is 9.72. The lowest BCUT2D eigenvalue weighted by molar-refractivity contribution is -0.130. The molecule has 2 bridgehead atoms. The van der Waals surface area contributed by atoms with Gasteiger partial charge in [0.1, 0.15) is 11.5 Å². The molecular weight excluding hydrogens is 358 g/mol. The van der Waals surface area contributed by atoms with E-state index in [1.807, 2.05) is 30.0 Å². The zero-order chi connectivity index (χ0) is 20.0. The lowest BCUT2D eigenvalue weighted by Crippen LogP contribution is -2.41. The number of carbonyl (C=O) groups is 2. The van der Waals surface area contributed by atoms with E-state index in [1.165, 1.54) is 11.3 Å². The molecule has 28 heavy (non-hydrogen) atoms. The van der Waals surface area contributed by atoms with Gasteiger partial charge < -0.3 is 19.0 Å². The molecular formula is C21H25N3O4. The van der Waals surface area contributed by atoms with Gasteiger partial charge in [-0.25, -0.2) is 4.98 Å². The minimum atomic E-state index is -0.165. The third kappa shape index (κ3) is 2.95. The summed E-state index contributed by atoms with van der Waals surface area (Å²) in [5, 5.41) is 0. The fourth-order valence-electron chi connectivity index (χ4n) is 4.42. The van der Waals surface area contributed by atoms with E-state index in [9.17, 15) is 9.59 Å². The summed E-state index contributed by atoms with van der Waals surface area (Å²) in [6.07, 6.45) is 2.65. The molecule has 3 atom stereocenters. The first-order chi connectivity index (χ1) is 13.4. The van der Waals surface area contributed by atoms with Gasteiger partial charge >= 0.3 is 0 Å². The van der Waals surface area contributed by atoms with Crippen LogP contribution in [0.5, 0.6) is 5.75 Å². The molecule has 1 aliphatic carbocycles. The Bertz CT molecular complexity index is 920. The van der Waals surface area contributed by atoms with Crippen LogP contribution in [0.15, 0.2) is 29.0 Å². The molecule has 5 rings (SSSR count). The number of ether oxygens (including phenoxy) is 1. The van der Waals surface area contributed by atoms with Gasteiger partial charge in [-0.2, -0.15) is 0 Å². The van der Waals surface area contributed by atoms with Crippen molar-refractivity contribution in [2.24, 2.45) is 5.92 Å². The summed E-state index contributed by atoms with van der Waals surface area (Å²) in [5.74, 6) is 1.75. The van der Waals surface area contributed by atoms with Crippen molar-refractivity contribution in [3.63, 3.8) is 0 Å². The van der Waals surface area contributed by atoms with E-state index in [-0.39, 0.29) is 23.8 Å². The smallest absolute Gasteiger partial charge is 0.275 e. The molecule has 2 amide bonds. The summed E-state index contributed by atoms with van der Waals surface area (Å²) in [5.41, 5.74) is 2.42. The molecule has 3 fully saturated rings. The maximum Gasteiger partial charge on any atom is 0.275 e. The quantitative estimate of drug-likeness (QED) is 0.792. The van der Waals surface area contributed by atoms with E-state index in [0.29, 0.717) is 30.3 Å². The topological polar surface area (TPSA) is 75.9 Å². The SMILES string of the molecule is COc1ccc(CC(=O)N2CC3CC2C3c2ocnc2C(=O)N(C)C)c(C)c1. The molecule has 2 aliphatic heterocycles. The Balaban J connectivity index is 1.49. The van der Waals surface area contributed by atoms with E-state index in [2.05, 4.69) is 4.98 Å². The third-order valence-electron chi connectivity index (χ3n) is 6.02. The molecule has 1 saturated carbocycles. The molecule has 0 N–H and O–H groups in total. The number of amides is 2. The summed E-state index contributed by atoms with van der Waals surface area (Å²) in [7, 11) is 5.03. The second kappa shape index (κ2) is 6.96. The summed E-state index contributed by atoms with van der Waals surface area (Å²) < 4.78 is 10.8. The molecule has 7 nitrogen and oxygen atoms in total. The van der Waals surface area contributed by atoms with Crippen molar-refractivity contribution in [3.8, 4) is 5.75 Å². The Hall–Kier alpha value is -2.83. The zero-order valence-electron chi connectivity index (χ0n) is 16.6. The number of nitrogens with zero attached hydrogens (tertiary/aromatic N) is 3. The molecule has 2 saturated heterocycles. The van der Waals surface area contributed by atoms with Crippen molar-refractivity contribution in [2.75, 3.05) is 27.7 Å². The molecule has 0 radical (unpaired) electrons. The number of aryl methyl sites for hydroxylation is 1. The number of oxazole rings is 1. The van der Waals surface area contributed by atoms with Crippen LogP contribution in [0, 0.1) is 12.8 Å². The van der Waals surface area contributed by atoms with Crippen molar-refractivity contribution in [1.82, 2.24) is 14.8 Å². The van der Waals surface area contributed by atoms with E-state index < -0.39 is 0 Å². The Kier molecular flexibility index (Phi) is 4.61. The molecule has 148 valence electrons. The highest BCUT2D eigenvalue weighted by Gasteiger charge is 2.56. The number of rotatable bonds is 5. The fourth-order valence-corrected chi connectivity index (χ4v) is 4.42. The molecule has 2 aromatic rings. The number of benzene rings is 1. The molecule has 1 aromatic carbocycles. The average molecular weight is 383 g/mol. The summed E-state index contributed by atoms with van der Waals surface area (Å²) in [6.45, 7) is 2.70. The number of aromatic nitrogens is 1. The van der Waals surface area contributed by atoms with Gasteiger partial charge in [-0.15, -0.1) is 0 Å². The number of hydrogen-bond acceptors (Lipinski definition) is 5. The molecule has 3 aliphatic rings. The van der Waals surface area contributed by atoms with Crippen LogP contribution in [-0.4, -0.2) is 60.4 Å². The Morgan fingerprint density at radius 2 is 2.14 bits per heavy atom. The van der Waals surface area contributed by atoms with Crippen LogP contribution in [-0.2, 0) is 11.2 Å². The second-order valence-corrected chi connectivity index (χ2v) is 7.87. The first-order valence-electron chi connectivity index (χ1n) is 9.48. The van der Waals surface area contributed by atoms with E-state index in [0.717, 1.165) is 23.3 Å². The fraction of sp³-hybridized carbons (Fsp3) is 0.476. The van der Waals surface area contributed by atoms with Crippen molar-refractivity contribution in [3.05, 3.63) is 47.2 Å². The second-order valence-electron chi connectivity index (χ2n) is 7.87. The van der Waals surface area contributed by atoms with E-state index in [4.69, 9.17) is 9.15 Å². The lowest BCUT2D eigenvalue weighted by Gasteiger charge is -2.35. The van der Waals surface area contributed by atoms with Gasteiger partial charge in [0.05, 0.1) is 13.5 Å². The van der Waals surface area contributed by atoms with Gasteiger partial charge in [-0.05, 0) is 42.5 Å². The largest absolute Gasteiger partial charge is 0.497 e. The minimum Gasteiger partial charge on any atom is -0.497 e. The third-order valence-corrected chi connectivity index (χ3v) is 6.02. The van der Waals surface area contributed by atoms with Gasteiger partial charge in [0, 0.05) is 32.6 Å². The zero-order valence-corrected chi connectivity index (χ0v) is 16.6. The average Bonchev–Trinajstić information content (AvgIpc) is 3.37. The Morgan fingerprint density at radius 3 is 2.82 bits per heavy atom. The standard InChI is InChI=1S/C21H25N3O4/c1-12-7-15(27-4)6-5-13(12)9-17(25)24-10-14-8-16(24)18(14)20-19(22-11-28-20)21(26)23(2)3/h5-7,11,14,16,18H,8-10H2,1-4H3. The molecule has 3 heterocycles. The van der Waals surface area contributed by atoms with Crippen LogP contribution in [0.2, 0.25) is 0 Å². The van der Waals surface area contributed by atoms with Gasteiger partial charge in [-0.3, -0.25) is 9.59 Å². The van der Waals surface area contributed by atoms with Crippen LogP contribution in [0.1, 0.15) is 39.7 Å².